The first-order chi connectivity index (χ1) is 9.00. The number of fused-ring (bicyclic) bond motifs is 1. The highest BCUT2D eigenvalue weighted by Crippen LogP contribution is 2.20. The van der Waals surface area contributed by atoms with E-state index in [2.05, 4.69) is 9.71 Å². The zero-order valence-corrected chi connectivity index (χ0v) is 11.5. The van der Waals surface area contributed by atoms with Crippen LogP contribution in [0.1, 0.15) is 13.3 Å². The van der Waals surface area contributed by atoms with Gasteiger partial charge in [0.2, 0.25) is 10.0 Å². The molecule has 0 aliphatic rings. The van der Waals surface area contributed by atoms with Gasteiger partial charge in [0.1, 0.15) is 0 Å². The number of sulfonamides is 1. The van der Waals surface area contributed by atoms with Gasteiger partial charge < -0.3 is 5.73 Å². The molecule has 3 N–H and O–H groups in total. The standard InChI is InChI=1S/C13H17N3O2S/c1-10(14)7-9-16-19(17,18)13-6-2-5-12-11(13)4-3-8-15-12/h2-6,8,10,16H,7,9,14H2,1H3. The second-order valence-electron chi connectivity index (χ2n) is 4.49. The second kappa shape index (κ2) is 5.64. The summed E-state index contributed by atoms with van der Waals surface area (Å²) in [7, 11) is -3.53. The highest BCUT2D eigenvalue weighted by molar-refractivity contribution is 7.89. The monoisotopic (exact) mass is 279 g/mol. The molecular weight excluding hydrogens is 262 g/mol. The number of hydrogen-bond acceptors (Lipinski definition) is 4. The molecular formula is C13H17N3O2S. The van der Waals surface area contributed by atoms with E-state index in [9.17, 15) is 8.42 Å². The van der Waals surface area contributed by atoms with Gasteiger partial charge in [0.05, 0.1) is 10.4 Å². The van der Waals surface area contributed by atoms with Crippen LogP contribution in [0.3, 0.4) is 0 Å². The van der Waals surface area contributed by atoms with Crippen LogP contribution in [0.15, 0.2) is 41.4 Å². The largest absolute Gasteiger partial charge is 0.328 e. The van der Waals surface area contributed by atoms with Crippen molar-refractivity contribution in [1.82, 2.24) is 9.71 Å². The van der Waals surface area contributed by atoms with Gasteiger partial charge >= 0.3 is 0 Å². The topological polar surface area (TPSA) is 85.1 Å². The summed E-state index contributed by atoms with van der Waals surface area (Å²) in [6.45, 7) is 2.17. The van der Waals surface area contributed by atoms with E-state index in [1.807, 2.05) is 6.92 Å². The van der Waals surface area contributed by atoms with Crippen LogP contribution in [0.25, 0.3) is 10.9 Å². The Morgan fingerprint density at radius 3 is 2.84 bits per heavy atom. The zero-order chi connectivity index (χ0) is 13.9. The van der Waals surface area contributed by atoms with Gasteiger partial charge in [-0.25, -0.2) is 13.1 Å². The summed E-state index contributed by atoms with van der Waals surface area (Å²) in [5.74, 6) is 0. The highest BCUT2D eigenvalue weighted by atomic mass is 32.2. The third-order valence-electron chi connectivity index (χ3n) is 2.79. The maximum absolute atomic E-state index is 12.2. The lowest BCUT2D eigenvalue weighted by molar-refractivity contribution is 0.572. The molecule has 0 radical (unpaired) electrons. The molecule has 5 nitrogen and oxygen atoms in total. The van der Waals surface area contributed by atoms with Crippen molar-refractivity contribution in [2.24, 2.45) is 5.73 Å². The molecule has 6 heteroatoms. The molecule has 102 valence electrons. The molecule has 1 heterocycles. The number of hydrogen-bond donors (Lipinski definition) is 2. The first kappa shape index (κ1) is 13.9. The van der Waals surface area contributed by atoms with Gasteiger partial charge in [-0.15, -0.1) is 0 Å². The van der Waals surface area contributed by atoms with Gasteiger partial charge in [0.15, 0.2) is 0 Å². The van der Waals surface area contributed by atoms with E-state index in [0.29, 0.717) is 23.9 Å². The predicted molar refractivity (Wildman–Crippen MR) is 75.2 cm³/mol. The van der Waals surface area contributed by atoms with Crippen molar-refractivity contribution in [3.8, 4) is 0 Å². The Kier molecular flexibility index (Phi) is 4.14. The molecule has 19 heavy (non-hydrogen) atoms. The van der Waals surface area contributed by atoms with Crippen LogP contribution in [0, 0.1) is 0 Å². The van der Waals surface area contributed by atoms with Crippen molar-refractivity contribution >= 4 is 20.9 Å². The summed E-state index contributed by atoms with van der Waals surface area (Å²) in [5, 5.41) is 0.623. The number of aromatic nitrogens is 1. The first-order valence-corrected chi connectivity index (χ1v) is 7.58. The Labute approximate surface area is 112 Å². The Morgan fingerprint density at radius 1 is 1.32 bits per heavy atom. The van der Waals surface area contributed by atoms with Crippen LogP contribution >= 0.6 is 0 Å². The lowest BCUT2D eigenvalue weighted by Gasteiger charge is -2.10. The fourth-order valence-electron chi connectivity index (χ4n) is 1.81. The number of nitrogens with zero attached hydrogens (tertiary/aromatic N) is 1. The summed E-state index contributed by atoms with van der Waals surface area (Å²) < 4.78 is 27.1. The van der Waals surface area contributed by atoms with E-state index in [4.69, 9.17) is 5.73 Å². The molecule has 0 bridgehead atoms. The van der Waals surface area contributed by atoms with Gasteiger partial charge in [-0.3, -0.25) is 4.98 Å². The predicted octanol–water partition coefficient (Wildman–Crippen LogP) is 1.25. The fraction of sp³-hybridized carbons (Fsp3) is 0.308. The Bertz CT molecular complexity index is 663. The van der Waals surface area contributed by atoms with Crippen LogP contribution in [0.2, 0.25) is 0 Å². The molecule has 0 amide bonds. The van der Waals surface area contributed by atoms with Crippen molar-refractivity contribution in [2.45, 2.75) is 24.3 Å². The molecule has 0 spiro atoms. The summed E-state index contributed by atoms with van der Waals surface area (Å²) >= 11 is 0. The zero-order valence-electron chi connectivity index (χ0n) is 10.7. The third-order valence-corrected chi connectivity index (χ3v) is 4.31. The Hall–Kier alpha value is -1.50. The molecule has 2 aromatic rings. The van der Waals surface area contributed by atoms with Gasteiger partial charge in [-0.05, 0) is 37.6 Å². The maximum Gasteiger partial charge on any atom is 0.241 e. The molecule has 0 aliphatic carbocycles. The van der Waals surface area contributed by atoms with E-state index in [1.54, 1.807) is 36.5 Å². The third kappa shape index (κ3) is 3.28. The lowest BCUT2D eigenvalue weighted by atomic mass is 10.2. The molecule has 0 fully saturated rings. The maximum atomic E-state index is 12.2. The van der Waals surface area contributed by atoms with E-state index in [0.717, 1.165) is 0 Å². The summed E-state index contributed by atoms with van der Waals surface area (Å²) in [6.07, 6.45) is 2.24. The molecule has 1 unspecified atom stereocenters. The van der Waals surface area contributed by atoms with Crippen LogP contribution in [-0.2, 0) is 10.0 Å². The first-order valence-electron chi connectivity index (χ1n) is 6.10. The molecule has 1 atom stereocenters. The van der Waals surface area contributed by atoms with Crippen LogP contribution in [0.4, 0.5) is 0 Å². The molecule has 1 aromatic heterocycles. The summed E-state index contributed by atoms with van der Waals surface area (Å²) in [5.41, 5.74) is 6.27. The van der Waals surface area contributed by atoms with E-state index in [1.165, 1.54) is 0 Å². The lowest BCUT2D eigenvalue weighted by Crippen LogP contribution is -2.29. The van der Waals surface area contributed by atoms with Gasteiger partial charge in [-0.1, -0.05) is 6.07 Å². The van der Waals surface area contributed by atoms with Crippen molar-refractivity contribution in [3.05, 3.63) is 36.5 Å². The van der Waals surface area contributed by atoms with Crippen molar-refractivity contribution in [1.29, 1.82) is 0 Å². The number of pyridine rings is 1. The molecule has 0 aliphatic heterocycles. The van der Waals surface area contributed by atoms with E-state index >= 15 is 0 Å². The van der Waals surface area contributed by atoms with Crippen molar-refractivity contribution < 1.29 is 8.42 Å². The Balaban J connectivity index is 2.33. The van der Waals surface area contributed by atoms with Gasteiger partial charge in [0.25, 0.3) is 0 Å². The number of benzene rings is 1. The SMILES string of the molecule is CC(N)CCNS(=O)(=O)c1cccc2ncccc12. The van der Waals surface area contributed by atoms with Crippen LogP contribution in [-0.4, -0.2) is 26.0 Å². The average Bonchev–Trinajstić information content (AvgIpc) is 2.37. The Morgan fingerprint density at radius 2 is 2.11 bits per heavy atom. The highest BCUT2D eigenvalue weighted by Gasteiger charge is 2.16. The smallest absolute Gasteiger partial charge is 0.241 e. The minimum Gasteiger partial charge on any atom is -0.328 e. The fourth-order valence-corrected chi connectivity index (χ4v) is 3.07. The minimum absolute atomic E-state index is 0.0307. The van der Waals surface area contributed by atoms with Crippen LogP contribution in [0.5, 0.6) is 0 Å². The van der Waals surface area contributed by atoms with Gasteiger partial charge in [-0.2, -0.15) is 0 Å². The van der Waals surface area contributed by atoms with Crippen molar-refractivity contribution in [3.63, 3.8) is 0 Å². The number of rotatable bonds is 5. The van der Waals surface area contributed by atoms with Crippen LogP contribution < -0.4 is 10.5 Å². The second-order valence-corrected chi connectivity index (χ2v) is 6.23. The number of nitrogens with two attached hydrogens (primary N) is 1. The van der Waals surface area contributed by atoms with Gasteiger partial charge in [0, 0.05) is 24.2 Å². The summed E-state index contributed by atoms with van der Waals surface area (Å²) in [4.78, 5) is 4.40. The molecule has 2 rings (SSSR count). The summed E-state index contributed by atoms with van der Waals surface area (Å²) in [6, 6.07) is 8.51. The number of nitrogens with one attached hydrogen (secondary N) is 1. The minimum atomic E-state index is -3.53. The molecule has 1 aromatic carbocycles. The van der Waals surface area contributed by atoms with E-state index < -0.39 is 10.0 Å². The van der Waals surface area contributed by atoms with Crippen molar-refractivity contribution in [2.75, 3.05) is 6.54 Å². The average molecular weight is 279 g/mol. The normalized spacial score (nSPS) is 13.6. The molecule has 0 saturated carbocycles. The molecule has 0 saturated heterocycles. The van der Waals surface area contributed by atoms with E-state index in [-0.39, 0.29) is 10.9 Å². The quantitative estimate of drug-likeness (QED) is 0.862.